The number of nitrogens with zero attached hydrogens (tertiary/aromatic N) is 2. The number of benzene rings is 1. The molecule has 20 heavy (non-hydrogen) atoms. The fraction of sp³-hybridized carbons (Fsp3) is 0.333. The number of ether oxygens (including phenoxy) is 1. The van der Waals surface area contributed by atoms with Crippen molar-refractivity contribution in [3.05, 3.63) is 54.6 Å². The number of imidazole rings is 1. The van der Waals surface area contributed by atoms with E-state index in [0.29, 0.717) is 6.42 Å². The molecule has 2 rings (SSSR count). The van der Waals surface area contributed by atoms with E-state index in [4.69, 9.17) is 10.5 Å². The zero-order valence-electron chi connectivity index (χ0n) is 11.3. The van der Waals surface area contributed by atoms with Gasteiger partial charge >= 0.3 is 5.97 Å². The van der Waals surface area contributed by atoms with Gasteiger partial charge in [-0.1, -0.05) is 30.3 Å². The zero-order valence-corrected chi connectivity index (χ0v) is 11.3. The zero-order chi connectivity index (χ0) is 14.2. The summed E-state index contributed by atoms with van der Waals surface area (Å²) in [7, 11) is 0. The first-order valence-electron chi connectivity index (χ1n) is 6.67. The highest BCUT2D eigenvalue weighted by Crippen LogP contribution is 2.04. The lowest BCUT2D eigenvalue weighted by atomic mass is 10.1. The smallest absolute Gasteiger partial charge is 0.323 e. The summed E-state index contributed by atoms with van der Waals surface area (Å²) in [5.41, 5.74) is 6.79. The van der Waals surface area contributed by atoms with Gasteiger partial charge in [-0.25, -0.2) is 4.98 Å². The SMILES string of the molecule is N[C@H](CCCn1ccnc1)C(=O)OCc1ccccc1. The summed E-state index contributed by atoms with van der Waals surface area (Å²) in [6.07, 6.45) is 6.79. The van der Waals surface area contributed by atoms with Gasteiger partial charge in [0.05, 0.1) is 6.33 Å². The van der Waals surface area contributed by atoms with Gasteiger partial charge in [-0.3, -0.25) is 4.79 Å². The van der Waals surface area contributed by atoms with Crippen LogP contribution in [0.2, 0.25) is 0 Å². The van der Waals surface area contributed by atoms with Crippen LogP contribution in [0, 0.1) is 0 Å². The Labute approximate surface area is 118 Å². The minimum absolute atomic E-state index is 0.273. The summed E-state index contributed by atoms with van der Waals surface area (Å²) in [5, 5.41) is 0. The Balaban J connectivity index is 1.66. The summed E-state index contributed by atoms with van der Waals surface area (Å²) in [6.45, 7) is 1.08. The molecule has 0 fully saturated rings. The molecule has 5 heteroatoms. The van der Waals surface area contributed by atoms with Crippen molar-refractivity contribution in [2.45, 2.75) is 32.0 Å². The summed E-state index contributed by atoms with van der Waals surface area (Å²) < 4.78 is 7.15. The van der Waals surface area contributed by atoms with Crippen LogP contribution in [0.4, 0.5) is 0 Å². The molecule has 1 aromatic carbocycles. The maximum atomic E-state index is 11.7. The fourth-order valence-electron chi connectivity index (χ4n) is 1.87. The molecule has 0 aliphatic rings. The Bertz CT molecular complexity index is 511. The Morgan fingerprint density at radius 3 is 2.85 bits per heavy atom. The normalized spacial score (nSPS) is 12.1. The lowest BCUT2D eigenvalue weighted by Gasteiger charge is -2.11. The number of hydrogen-bond acceptors (Lipinski definition) is 4. The van der Waals surface area contributed by atoms with Crippen LogP contribution in [0.15, 0.2) is 49.1 Å². The fourth-order valence-corrected chi connectivity index (χ4v) is 1.87. The molecule has 1 heterocycles. The molecular weight excluding hydrogens is 254 g/mol. The highest BCUT2D eigenvalue weighted by molar-refractivity contribution is 5.75. The van der Waals surface area contributed by atoms with E-state index < -0.39 is 6.04 Å². The molecule has 0 aliphatic carbocycles. The van der Waals surface area contributed by atoms with Crippen LogP contribution in [-0.4, -0.2) is 21.6 Å². The molecule has 1 atom stereocenters. The van der Waals surface area contributed by atoms with Gasteiger partial charge < -0.3 is 15.0 Å². The Hall–Kier alpha value is -2.14. The van der Waals surface area contributed by atoms with Crippen molar-refractivity contribution in [3.63, 3.8) is 0 Å². The summed E-state index contributed by atoms with van der Waals surface area (Å²) in [4.78, 5) is 15.7. The first-order chi connectivity index (χ1) is 9.75. The topological polar surface area (TPSA) is 70.1 Å². The van der Waals surface area contributed by atoms with E-state index in [-0.39, 0.29) is 12.6 Å². The van der Waals surface area contributed by atoms with Crippen molar-refractivity contribution in [1.82, 2.24) is 9.55 Å². The summed E-state index contributed by atoms with van der Waals surface area (Å²) >= 11 is 0. The maximum Gasteiger partial charge on any atom is 0.323 e. The summed E-state index contributed by atoms with van der Waals surface area (Å²) in [6, 6.07) is 9.01. The molecule has 0 aliphatic heterocycles. The molecule has 5 nitrogen and oxygen atoms in total. The molecule has 0 spiro atoms. The Morgan fingerprint density at radius 2 is 2.15 bits per heavy atom. The van der Waals surface area contributed by atoms with E-state index >= 15 is 0 Å². The van der Waals surface area contributed by atoms with Gasteiger partial charge in [0.2, 0.25) is 0 Å². The van der Waals surface area contributed by atoms with Crippen LogP contribution in [0.25, 0.3) is 0 Å². The van der Waals surface area contributed by atoms with E-state index in [1.54, 1.807) is 12.5 Å². The number of aromatic nitrogens is 2. The standard InChI is InChI=1S/C15H19N3O2/c16-14(7-4-9-18-10-8-17-12-18)15(19)20-11-13-5-2-1-3-6-13/h1-3,5-6,8,10,12,14H,4,7,9,11,16H2/t14-/m1/s1. The van der Waals surface area contributed by atoms with Crippen molar-refractivity contribution < 1.29 is 9.53 Å². The van der Waals surface area contributed by atoms with Gasteiger partial charge in [-0.05, 0) is 18.4 Å². The highest BCUT2D eigenvalue weighted by Gasteiger charge is 2.14. The third-order valence-corrected chi connectivity index (χ3v) is 3.02. The number of carbonyl (C=O) groups excluding carboxylic acids is 1. The number of carbonyl (C=O) groups is 1. The van der Waals surface area contributed by atoms with E-state index in [0.717, 1.165) is 18.5 Å². The molecule has 106 valence electrons. The number of rotatable bonds is 7. The molecule has 2 aromatic rings. The van der Waals surface area contributed by atoms with E-state index in [1.807, 2.05) is 41.1 Å². The van der Waals surface area contributed by atoms with Gasteiger partial charge in [0, 0.05) is 18.9 Å². The van der Waals surface area contributed by atoms with Gasteiger partial charge in [0.15, 0.2) is 0 Å². The maximum absolute atomic E-state index is 11.7. The molecule has 0 radical (unpaired) electrons. The molecule has 0 bridgehead atoms. The molecule has 1 aromatic heterocycles. The van der Waals surface area contributed by atoms with E-state index in [9.17, 15) is 4.79 Å². The minimum atomic E-state index is -0.567. The van der Waals surface area contributed by atoms with Crippen LogP contribution in [0.1, 0.15) is 18.4 Å². The number of hydrogen-bond donors (Lipinski definition) is 1. The van der Waals surface area contributed by atoms with Crippen LogP contribution < -0.4 is 5.73 Å². The average molecular weight is 273 g/mol. The Kier molecular flexibility index (Phi) is 5.32. The number of aryl methyl sites for hydroxylation is 1. The van der Waals surface area contributed by atoms with Crippen molar-refractivity contribution in [2.75, 3.05) is 0 Å². The van der Waals surface area contributed by atoms with Crippen molar-refractivity contribution >= 4 is 5.97 Å². The molecule has 0 amide bonds. The first-order valence-corrected chi connectivity index (χ1v) is 6.67. The van der Waals surface area contributed by atoms with Crippen molar-refractivity contribution in [3.8, 4) is 0 Å². The monoisotopic (exact) mass is 273 g/mol. The second-order valence-corrected chi connectivity index (χ2v) is 4.64. The van der Waals surface area contributed by atoms with E-state index in [1.165, 1.54) is 0 Å². The predicted molar refractivity (Wildman–Crippen MR) is 75.7 cm³/mol. The van der Waals surface area contributed by atoms with Gasteiger partial charge in [-0.15, -0.1) is 0 Å². The molecule has 0 saturated carbocycles. The number of esters is 1. The third kappa shape index (κ3) is 4.51. The lowest BCUT2D eigenvalue weighted by Crippen LogP contribution is -2.32. The van der Waals surface area contributed by atoms with Crippen LogP contribution in [0.5, 0.6) is 0 Å². The second kappa shape index (κ2) is 7.45. The van der Waals surface area contributed by atoms with E-state index in [2.05, 4.69) is 4.98 Å². The lowest BCUT2D eigenvalue weighted by molar-refractivity contribution is -0.146. The Morgan fingerprint density at radius 1 is 1.35 bits per heavy atom. The molecule has 0 unspecified atom stereocenters. The van der Waals surface area contributed by atoms with Gasteiger partial charge in [0.1, 0.15) is 12.6 Å². The van der Waals surface area contributed by atoms with Crippen LogP contribution in [-0.2, 0) is 22.7 Å². The van der Waals surface area contributed by atoms with Gasteiger partial charge in [0.25, 0.3) is 0 Å². The molecular formula is C15H19N3O2. The van der Waals surface area contributed by atoms with Crippen molar-refractivity contribution in [1.29, 1.82) is 0 Å². The first kappa shape index (κ1) is 14.3. The highest BCUT2D eigenvalue weighted by atomic mass is 16.5. The van der Waals surface area contributed by atoms with Crippen LogP contribution >= 0.6 is 0 Å². The minimum Gasteiger partial charge on any atom is -0.460 e. The van der Waals surface area contributed by atoms with Crippen LogP contribution in [0.3, 0.4) is 0 Å². The molecule has 2 N–H and O–H groups in total. The molecule has 0 saturated heterocycles. The van der Waals surface area contributed by atoms with Crippen molar-refractivity contribution in [2.24, 2.45) is 5.73 Å². The quantitative estimate of drug-likeness (QED) is 0.780. The largest absolute Gasteiger partial charge is 0.460 e. The third-order valence-electron chi connectivity index (χ3n) is 3.02. The predicted octanol–water partition coefficient (Wildman–Crippen LogP) is 1.73. The summed E-state index contributed by atoms with van der Waals surface area (Å²) in [5.74, 6) is -0.348. The number of nitrogens with two attached hydrogens (primary N) is 1. The van der Waals surface area contributed by atoms with Gasteiger partial charge in [-0.2, -0.15) is 0 Å². The average Bonchev–Trinajstić information content (AvgIpc) is 2.99. The second-order valence-electron chi connectivity index (χ2n) is 4.64.